The number of carbonyl (C=O) groups excluding carboxylic acids is 2. The fourth-order valence-electron chi connectivity index (χ4n) is 1.10. The lowest BCUT2D eigenvalue weighted by molar-refractivity contribution is -0.116. The molecule has 0 atom stereocenters. The first kappa shape index (κ1) is 12.4. The molecule has 0 amide bonds. The molecule has 15 heavy (non-hydrogen) atoms. The topological polar surface area (TPSA) is 34.1 Å². The van der Waals surface area contributed by atoms with Gasteiger partial charge in [-0.25, -0.2) is 0 Å². The van der Waals surface area contributed by atoms with Gasteiger partial charge in [-0.3, -0.25) is 4.79 Å². The molecule has 0 saturated carbocycles. The maximum atomic E-state index is 11.6. The Hall–Kier alpha value is -0.670. The van der Waals surface area contributed by atoms with Gasteiger partial charge in [-0.2, -0.15) is 0 Å². The lowest BCUT2D eigenvalue weighted by atomic mass is 10.1. The van der Waals surface area contributed by atoms with Crippen molar-refractivity contribution in [2.75, 3.05) is 0 Å². The predicted octanol–water partition coefficient (Wildman–Crippen LogP) is 3.65. The van der Waals surface area contributed by atoms with Crippen LogP contribution in [0.15, 0.2) is 22.7 Å². The minimum absolute atomic E-state index is 0.0244. The van der Waals surface area contributed by atoms with Crippen LogP contribution in [0.25, 0.3) is 0 Å². The van der Waals surface area contributed by atoms with Crippen molar-refractivity contribution >= 4 is 39.1 Å². The quantitative estimate of drug-likeness (QED) is 0.793. The van der Waals surface area contributed by atoms with Crippen LogP contribution < -0.4 is 0 Å². The van der Waals surface area contributed by atoms with E-state index >= 15 is 0 Å². The number of ketones is 2. The van der Waals surface area contributed by atoms with E-state index in [0.717, 1.165) is 0 Å². The third-order valence-corrected chi connectivity index (χ3v) is 3.16. The smallest absolute Gasteiger partial charge is 0.163 e. The van der Waals surface area contributed by atoms with Crippen molar-refractivity contribution in [3.8, 4) is 0 Å². The Morgan fingerprint density at radius 1 is 1.33 bits per heavy atom. The van der Waals surface area contributed by atoms with E-state index in [2.05, 4.69) is 15.9 Å². The number of Topliss-reactive ketones (excluding diaryl/α,β-unsaturated/α-hetero) is 2. The maximum absolute atomic E-state index is 11.6. The highest BCUT2D eigenvalue weighted by molar-refractivity contribution is 9.10. The number of rotatable bonds is 4. The maximum Gasteiger partial charge on any atom is 0.163 e. The van der Waals surface area contributed by atoms with Crippen LogP contribution >= 0.6 is 27.5 Å². The molecule has 0 N–H and O–H groups in total. The second-order valence-electron chi connectivity index (χ2n) is 3.25. The zero-order valence-corrected chi connectivity index (χ0v) is 10.6. The Bertz CT molecular complexity index is 402. The second kappa shape index (κ2) is 5.42. The van der Waals surface area contributed by atoms with Gasteiger partial charge in [-0.1, -0.05) is 11.6 Å². The van der Waals surface area contributed by atoms with Gasteiger partial charge in [0.05, 0.1) is 5.02 Å². The van der Waals surface area contributed by atoms with Crippen LogP contribution in [-0.2, 0) is 4.79 Å². The Balaban J connectivity index is 2.74. The molecule has 0 aliphatic carbocycles. The molecule has 0 aromatic heterocycles. The zero-order valence-electron chi connectivity index (χ0n) is 8.22. The van der Waals surface area contributed by atoms with Crippen LogP contribution in [0.3, 0.4) is 0 Å². The standard InChI is InChI=1S/C11H10BrClO2/c1-7(14)2-5-11(15)8-3-4-10(13)9(12)6-8/h3-4,6H,2,5H2,1H3. The zero-order chi connectivity index (χ0) is 11.4. The molecule has 0 aliphatic rings. The highest BCUT2D eigenvalue weighted by atomic mass is 79.9. The summed E-state index contributed by atoms with van der Waals surface area (Å²) in [6.45, 7) is 1.48. The minimum Gasteiger partial charge on any atom is -0.300 e. The van der Waals surface area contributed by atoms with Crippen LogP contribution in [0.2, 0.25) is 5.02 Å². The van der Waals surface area contributed by atoms with Gasteiger partial charge in [0.15, 0.2) is 5.78 Å². The van der Waals surface area contributed by atoms with E-state index in [1.54, 1.807) is 18.2 Å². The molecule has 1 aromatic carbocycles. The molecule has 4 heteroatoms. The first-order valence-corrected chi connectivity index (χ1v) is 5.65. The second-order valence-corrected chi connectivity index (χ2v) is 4.52. The van der Waals surface area contributed by atoms with Crippen LogP contribution in [0.5, 0.6) is 0 Å². The molecule has 0 aliphatic heterocycles. The highest BCUT2D eigenvalue weighted by Gasteiger charge is 2.08. The van der Waals surface area contributed by atoms with E-state index in [1.165, 1.54) is 6.92 Å². The number of hydrogen-bond acceptors (Lipinski definition) is 2. The number of benzene rings is 1. The predicted molar refractivity (Wildman–Crippen MR) is 63.4 cm³/mol. The molecule has 0 spiro atoms. The van der Waals surface area contributed by atoms with Crippen molar-refractivity contribution in [3.05, 3.63) is 33.3 Å². The summed E-state index contributed by atoms with van der Waals surface area (Å²) in [6.07, 6.45) is 0.544. The van der Waals surface area contributed by atoms with E-state index < -0.39 is 0 Å². The average molecular weight is 290 g/mol. The van der Waals surface area contributed by atoms with Gasteiger partial charge >= 0.3 is 0 Å². The molecule has 2 nitrogen and oxygen atoms in total. The molecule has 0 heterocycles. The Labute approximate surface area is 102 Å². The van der Waals surface area contributed by atoms with Crippen molar-refractivity contribution in [2.24, 2.45) is 0 Å². The van der Waals surface area contributed by atoms with Gasteiger partial charge in [0.1, 0.15) is 5.78 Å². The largest absolute Gasteiger partial charge is 0.300 e. The van der Waals surface area contributed by atoms with Crippen LogP contribution in [-0.4, -0.2) is 11.6 Å². The monoisotopic (exact) mass is 288 g/mol. The van der Waals surface area contributed by atoms with Crippen molar-refractivity contribution < 1.29 is 9.59 Å². The van der Waals surface area contributed by atoms with Crippen molar-refractivity contribution in [3.63, 3.8) is 0 Å². The van der Waals surface area contributed by atoms with E-state index in [9.17, 15) is 9.59 Å². The summed E-state index contributed by atoms with van der Waals surface area (Å²) in [5, 5.41) is 0.568. The van der Waals surface area contributed by atoms with Crippen LogP contribution in [0.1, 0.15) is 30.1 Å². The lowest BCUT2D eigenvalue weighted by Gasteiger charge is -2.01. The van der Waals surface area contributed by atoms with Gasteiger partial charge < -0.3 is 4.79 Å². The van der Waals surface area contributed by atoms with Gasteiger partial charge in [-0.15, -0.1) is 0 Å². The van der Waals surface area contributed by atoms with Gasteiger partial charge in [0.25, 0.3) is 0 Å². The molecule has 0 bridgehead atoms. The third-order valence-electron chi connectivity index (χ3n) is 1.95. The highest BCUT2D eigenvalue weighted by Crippen LogP contribution is 2.23. The average Bonchev–Trinajstić information content (AvgIpc) is 2.18. The fourth-order valence-corrected chi connectivity index (χ4v) is 1.60. The summed E-state index contributed by atoms with van der Waals surface area (Å²) in [4.78, 5) is 22.3. The van der Waals surface area contributed by atoms with Crippen LogP contribution in [0.4, 0.5) is 0 Å². The molecule has 0 fully saturated rings. The van der Waals surface area contributed by atoms with E-state index in [4.69, 9.17) is 11.6 Å². The van der Waals surface area contributed by atoms with Crippen molar-refractivity contribution in [1.29, 1.82) is 0 Å². The molecule has 80 valence electrons. The first-order valence-electron chi connectivity index (χ1n) is 4.48. The molecule has 0 radical (unpaired) electrons. The van der Waals surface area contributed by atoms with Gasteiger partial charge in [0.2, 0.25) is 0 Å². The van der Waals surface area contributed by atoms with Crippen molar-refractivity contribution in [1.82, 2.24) is 0 Å². The summed E-state index contributed by atoms with van der Waals surface area (Å²) >= 11 is 9.04. The Morgan fingerprint density at radius 3 is 2.53 bits per heavy atom. The summed E-state index contributed by atoms with van der Waals surface area (Å²) in [5.41, 5.74) is 0.576. The summed E-state index contributed by atoms with van der Waals surface area (Å²) in [6, 6.07) is 4.99. The molecule has 1 aromatic rings. The Kier molecular flexibility index (Phi) is 4.48. The minimum atomic E-state index is -0.0393. The normalized spacial score (nSPS) is 10.1. The summed E-state index contributed by atoms with van der Waals surface area (Å²) in [7, 11) is 0. The van der Waals surface area contributed by atoms with Gasteiger partial charge in [0, 0.05) is 22.9 Å². The Morgan fingerprint density at radius 2 is 2.00 bits per heavy atom. The third kappa shape index (κ3) is 3.76. The first-order chi connectivity index (χ1) is 7.00. The summed E-state index contributed by atoms with van der Waals surface area (Å²) in [5.74, 6) is -0.0149. The van der Waals surface area contributed by atoms with Gasteiger partial charge in [-0.05, 0) is 41.1 Å². The molecule has 0 unspecified atom stereocenters. The molecule has 1 rings (SSSR count). The lowest BCUT2D eigenvalue weighted by Crippen LogP contribution is -2.02. The summed E-state index contributed by atoms with van der Waals surface area (Å²) < 4.78 is 0.692. The van der Waals surface area contributed by atoms with E-state index in [1.807, 2.05) is 0 Å². The molecular weight excluding hydrogens is 279 g/mol. The molecular formula is C11H10BrClO2. The van der Waals surface area contributed by atoms with E-state index in [0.29, 0.717) is 21.5 Å². The molecule has 0 saturated heterocycles. The fraction of sp³-hybridized carbons (Fsp3) is 0.273. The number of carbonyl (C=O) groups is 2. The van der Waals surface area contributed by atoms with Crippen molar-refractivity contribution in [2.45, 2.75) is 19.8 Å². The SMILES string of the molecule is CC(=O)CCC(=O)c1ccc(Cl)c(Br)c1. The van der Waals surface area contributed by atoms with E-state index in [-0.39, 0.29) is 18.0 Å². The number of halogens is 2. The van der Waals surface area contributed by atoms with Crippen LogP contribution in [0, 0.1) is 0 Å². The number of hydrogen-bond donors (Lipinski definition) is 0.